The number of thiophene rings is 1. The van der Waals surface area contributed by atoms with Gasteiger partial charge in [-0.15, -0.1) is 0 Å². The van der Waals surface area contributed by atoms with Crippen LogP contribution in [0.2, 0.25) is 5.28 Å². The summed E-state index contributed by atoms with van der Waals surface area (Å²) in [6, 6.07) is 1.87. The first kappa shape index (κ1) is 12.1. The number of aromatic nitrogens is 2. The van der Waals surface area contributed by atoms with Gasteiger partial charge in [-0.3, -0.25) is 0 Å². The summed E-state index contributed by atoms with van der Waals surface area (Å²) in [6.07, 6.45) is 0.823. The molecule has 0 aliphatic carbocycles. The number of nitrogens with one attached hydrogen (secondary N) is 1. The molecule has 0 amide bonds. The van der Waals surface area contributed by atoms with Crippen molar-refractivity contribution in [3.63, 3.8) is 0 Å². The van der Waals surface area contributed by atoms with Crippen LogP contribution in [0.25, 0.3) is 0 Å². The van der Waals surface area contributed by atoms with Crippen molar-refractivity contribution in [3.05, 3.63) is 33.9 Å². The predicted octanol–water partition coefficient (Wildman–Crippen LogP) is 1.92. The second-order valence-corrected chi connectivity index (χ2v) is 4.51. The zero-order valence-electron chi connectivity index (χ0n) is 8.80. The molecule has 1 unspecified atom stereocenters. The summed E-state index contributed by atoms with van der Waals surface area (Å²) >= 11 is 7.19. The van der Waals surface area contributed by atoms with Crippen LogP contribution < -0.4 is 11.1 Å². The lowest BCUT2D eigenvalue weighted by Gasteiger charge is -2.12. The Kier molecular flexibility index (Phi) is 3.78. The van der Waals surface area contributed by atoms with E-state index in [2.05, 4.69) is 15.3 Å². The van der Waals surface area contributed by atoms with Gasteiger partial charge in [0.25, 0.3) is 0 Å². The zero-order valence-corrected chi connectivity index (χ0v) is 10.4. The van der Waals surface area contributed by atoms with E-state index < -0.39 is 6.10 Å². The highest BCUT2D eigenvalue weighted by Gasteiger charge is 2.09. The number of hydrogen-bond acceptors (Lipinski definition) is 6. The minimum Gasteiger partial charge on any atom is -0.394 e. The first-order valence-corrected chi connectivity index (χ1v) is 6.21. The predicted molar refractivity (Wildman–Crippen MR) is 69.2 cm³/mol. The first-order valence-electron chi connectivity index (χ1n) is 4.89. The van der Waals surface area contributed by atoms with E-state index in [1.807, 2.05) is 16.8 Å². The van der Waals surface area contributed by atoms with E-state index in [1.54, 1.807) is 0 Å². The molecule has 0 saturated heterocycles. The molecule has 4 N–H and O–H groups in total. The van der Waals surface area contributed by atoms with Gasteiger partial charge in [-0.1, -0.05) is 0 Å². The van der Waals surface area contributed by atoms with Gasteiger partial charge < -0.3 is 16.2 Å². The number of nitrogens with two attached hydrogens (primary N) is 1. The molecule has 90 valence electrons. The molecule has 2 aromatic heterocycles. The lowest BCUT2D eigenvalue weighted by Crippen LogP contribution is -2.13. The summed E-state index contributed by atoms with van der Waals surface area (Å²) < 4.78 is 0. The van der Waals surface area contributed by atoms with Crippen molar-refractivity contribution in [2.75, 3.05) is 17.6 Å². The van der Waals surface area contributed by atoms with Crippen LogP contribution in [0.15, 0.2) is 23.0 Å². The Morgan fingerprint density at radius 1 is 1.59 bits per heavy atom. The Morgan fingerprint density at radius 3 is 3.12 bits per heavy atom. The van der Waals surface area contributed by atoms with Crippen molar-refractivity contribution in [1.29, 1.82) is 0 Å². The molecule has 0 radical (unpaired) electrons. The highest BCUT2D eigenvalue weighted by molar-refractivity contribution is 7.07. The fraction of sp³-hybridized carbons (Fsp3) is 0.200. The average molecular weight is 271 g/mol. The number of anilines is 2. The third-order valence-corrected chi connectivity index (χ3v) is 3.06. The van der Waals surface area contributed by atoms with Crippen LogP contribution >= 0.6 is 22.9 Å². The van der Waals surface area contributed by atoms with Gasteiger partial charge in [0.05, 0.1) is 18.0 Å². The first-order chi connectivity index (χ1) is 8.16. The number of halogens is 1. The summed E-state index contributed by atoms with van der Waals surface area (Å²) in [4.78, 5) is 7.68. The fourth-order valence-corrected chi connectivity index (χ4v) is 2.13. The molecule has 1 atom stereocenters. The van der Waals surface area contributed by atoms with Crippen molar-refractivity contribution in [2.24, 2.45) is 0 Å². The van der Waals surface area contributed by atoms with Crippen LogP contribution in [0.4, 0.5) is 11.5 Å². The van der Waals surface area contributed by atoms with Crippen LogP contribution in [0.1, 0.15) is 11.7 Å². The molecule has 0 saturated carbocycles. The van der Waals surface area contributed by atoms with Gasteiger partial charge in [0.15, 0.2) is 5.82 Å². The van der Waals surface area contributed by atoms with E-state index in [0.29, 0.717) is 18.1 Å². The van der Waals surface area contributed by atoms with Crippen molar-refractivity contribution in [1.82, 2.24) is 9.97 Å². The van der Waals surface area contributed by atoms with Gasteiger partial charge in [0.1, 0.15) is 0 Å². The Morgan fingerprint density at radius 2 is 2.41 bits per heavy atom. The topological polar surface area (TPSA) is 84.1 Å². The number of nitrogen functional groups attached to an aromatic ring is 1. The highest BCUT2D eigenvalue weighted by Crippen LogP contribution is 2.19. The van der Waals surface area contributed by atoms with Crippen LogP contribution in [0.3, 0.4) is 0 Å². The third-order valence-electron chi connectivity index (χ3n) is 2.18. The van der Waals surface area contributed by atoms with Gasteiger partial charge >= 0.3 is 0 Å². The molecule has 7 heteroatoms. The Balaban J connectivity index is 2.00. The van der Waals surface area contributed by atoms with Gasteiger partial charge in [-0.05, 0) is 34.0 Å². The zero-order chi connectivity index (χ0) is 12.3. The highest BCUT2D eigenvalue weighted by atomic mass is 35.5. The molecule has 2 heterocycles. The van der Waals surface area contributed by atoms with Crippen LogP contribution in [-0.2, 0) is 0 Å². The van der Waals surface area contributed by atoms with E-state index >= 15 is 0 Å². The normalized spacial score (nSPS) is 12.4. The quantitative estimate of drug-likeness (QED) is 0.739. The fourth-order valence-electron chi connectivity index (χ4n) is 1.29. The van der Waals surface area contributed by atoms with Crippen LogP contribution in [0, 0.1) is 0 Å². The molecule has 17 heavy (non-hydrogen) atoms. The number of nitrogens with zero attached hydrogens (tertiary/aromatic N) is 2. The Hall–Kier alpha value is -1.37. The Bertz CT molecular complexity index is 491. The summed E-state index contributed by atoms with van der Waals surface area (Å²) in [7, 11) is 0. The Labute approximate surface area is 107 Å². The molecule has 0 spiro atoms. The standard InChI is InChI=1S/C10H11ClN4OS/c11-10-14-3-7(12)9(15-10)13-4-8(16)6-1-2-17-5-6/h1-3,5,8,16H,4,12H2,(H,13,14,15). The molecule has 0 bridgehead atoms. The van der Waals surface area contributed by atoms with Gasteiger partial charge in [-0.25, -0.2) is 4.98 Å². The van der Waals surface area contributed by atoms with E-state index in [-0.39, 0.29) is 5.28 Å². The SMILES string of the molecule is Nc1cnc(Cl)nc1NCC(O)c1ccsc1. The number of rotatable bonds is 4. The summed E-state index contributed by atoms with van der Waals surface area (Å²) in [5.74, 6) is 0.430. The summed E-state index contributed by atoms with van der Waals surface area (Å²) in [5.41, 5.74) is 6.93. The molecule has 2 aromatic rings. The molecule has 2 rings (SSSR count). The molecular formula is C10H11ClN4OS. The maximum atomic E-state index is 9.86. The third kappa shape index (κ3) is 3.06. The van der Waals surface area contributed by atoms with Crippen molar-refractivity contribution in [2.45, 2.75) is 6.10 Å². The van der Waals surface area contributed by atoms with Crippen molar-refractivity contribution >= 4 is 34.4 Å². The largest absolute Gasteiger partial charge is 0.394 e. The van der Waals surface area contributed by atoms with E-state index in [0.717, 1.165) is 5.56 Å². The minimum absolute atomic E-state index is 0.117. The van der Waals surface area contributed by atoms with Crippen molar-refractivity contribution < 1.29 is 5.11 Å². The molecule has 5 nitrogen and oxygen atoms in total. The molecule has 0 fully saturated rings. The second kappa shape index (κ2) is 5.31. The maximum absolute atomic E-state index is 9.86. The van der Waals surface area contributed by atoms with E-state index in [1.165, 1.54) is 17.5 Å². The number of hydrogen-bond donors (Lipinski definition) is 3. The van der Waals surface area contributed by atoms with E-state index in [4.69, 9.17) is 17.3 Å². The van der Waals surface area contributed by atoms with Crippen LogP contribution in [0.5, 0.6) is 0 Å². The van der Waals surface area contributed by atoms with E-state index in [9.17, 15) is 5.11 Å². The monoisotopic (exact) mass is 270 g/mol. The van der Waals surface area contributed by atoms with Crippen LogP contribution in [-0.4, -0.2) is 21.6 Å². The molecule has 0 aliphatic heterocycles. The maximum Gasteiger partial charge on any atom is 0.224 e. The van der Waals surface area contributed by atoms with Gasteiger partial charge in [0, 0.05) is 6.54 Å². The lowest BCUT2D eigenvalue weighted by molar-refractivity contribution is 0.192. The molecule has 0 aromatic carbocycles. The average Bonchev–Trinajstić information content (AvgIpc) is 2.83. The summed E-state index contributed by atoms with van der Waals surface area (Å²) in [6.45, 7) is 0.314. The van der Waals surface area contributed by atoms with Crippen molar-refractivity contribution in [3.8, 4) is 0 Å². The minimum atomic E-state index is -0.602. The summed E-state index contributed by atoms with van der Waals surface area (Å²) in [5, 5.41) is 16.7. The smallest absolute Gasteiger partial charge is 0.224 e. The lowest BCUT2D eigenvalue weighted by atomic mass is 10.2. The molecule has 0 aliphatic rings. The van der Waals surface area contributed by atoms with Gasteiger partial charge in [-0.2, -0.15) is 16.3 Å². The second-order valence-electron chi connectivity index (χ2n) is 3.40. The van der Waals surface area contributed by atoms with Gasteiger partial charge in [0.2, 0.25) is 5.28 Å². The molecular weight excluding hydrogens is 260 g/mol. The number of aliphatic hydroxyl groups is 1. The number of aliphatic hydroxyl groups excluding tert-OH is 1.